The molecule has 2 aromatic rings. The largest absolute Gasteiger partial charge is 0.256 e. The summed E-state index contributed by atoms with van der Waals surface area (Å²) in [5, 5.41) is 1.20. The van der Waals surface area contributed by atoms with Gasteiger partial charge in [-0.3, -0.25) is 4.98 Å². The van der Waals surface area contributed by atoms with Crippen LogP contribution in [0.1, 0.15) is 0 Å². The quantitative estimate of drug-likeness (QED) is 0.657. The van der Waals surface area contributed by atoms with E-state index in [1.807, 2.05) is 30.5 Å². The number of benzene rings is 1. The Morgan fingerprint density at radius 3 is 2.14 bits per heavy atom. The van der Waals surface area contributed by atoms with E-state index in [4.69, 9.17) is 0 Å². The third-order valence-electron chi connectivity index (χ3n) is 1.51. The van der Waals surface area contributed by atoms with Gasteiger partial charge in [-0.15, -0.1) is 0 Å². The summed E-state index contributed by atoms with van der Waals surface area (Å²) in [6, 6.07) is 12.1. The molecule has 0 saturated carbocycles. The van der Waals surface area contributed by atoms with Crippen LogP contribution < -0.4 is 0 Å². The second kappa shape index (κ2) is 6.04. The Morgan fingerprint density at radius 2 is 1.50 bits per heavy atom. The molecule has 0 aliphatic carbocycles. The van der Waals surface area contributed by atoms with E-state index in [0.29, 0.717) is 3.46 Å². The monoisotopic (exact) mass is 248 g/mol. The van der Waals surface area contributed by atoms with Crippen molar-refractivity contribution in [1.29, 1.82) is 0 Å². The van der Waals surface area contributed by atoms with Crippen molar-refractivity contribution in [3.8, 4) is 0 Å². The third-order valence-corrected chi connectivity index (χ3v) is 1.51. The van der Waals surface area contributed by atoms with Crippen LogP contribution >= 0.6 is 35.3 Å². The minimum atomic E-state index is 0.417. The lowest BCUT2D eigenvalue weighted by molar-refractivity contribution is 1.20. The van der Waals surface area contributed by atoms with Crippen molar-refractivity contribution in [1.82, 2.24) is 8.44 Å². The first kappa shape index (κ1) is 11.5. The summed E-state index contributed by atoms with van der Waals surface area (Å²) in [5.74, 6) is 0. The van der Waals surface area contributed by atoms with E-state index < -0.39 is 0 Å². The molecule has 5 heteroatoms. The van der Waals surface area contributed by atoms with Crippen LogP contribution in [-0.2, 0) is 0 Å². The SMILES string of the molecule is ClN(Cl)Cl.c1ccc2ncccc2c1. The molecule has 0 amide bonds. The van der Waals surface area contributed by atoms with Gasteiger partial charge in [-0.2, -0.15) is 0 Å². The molecule has 2 rings (SSSR count). The Kier molecular flexibility index (Phi) is 4.98. The average Bonchev–Trinajstić information content (AvgIpc) is 2.17. The van der Waals surface area contributed by atoms with E-state index in [2.05, 4.69) is 52.4 Å². The molecular formula is C9H7Cl3N2. The van der Waals surface area contributed by atoms with Gasteiger partial charge in [0.05, 0.1) is 5.52 Å². The zero-order chi connectivity index (χ0) is 10.4. The molecule has 0 atom stereocenters. The van der Waals surface area contributed by atoms with Crippen LogP contribution in [0, 0.1) is 0 Å². The molecule has 0 radical (unpaired) electrons. The van der Waals surface area contributed by atoms with Gasteiger partial charge in [0.2, 0.25) is 0 Å². The highest BCUT2D eigenvalue weighted by Gasteiger charge is 1.86. The lowest BCUT2D eigenvalue weighted by atomic mass is 10.2. The highest BCUT2D eigenvalue weighted by Crippen LogP contribution is 2.07. The van der Waals surface area contributed by atoms with Gasteiger partial charge in [0, 0.05) is 46.9 Å². The van der Waals surface area contributed by atoms with Crippen molar-refractivity contribution in [2.45, 2.75) is 0 Å². The number of pyridine rings is 1. The number of aromatic nitrogens is 1. The summed E-state index contributed by atoms with van der Waals surface area (Å²) >= 11 is 13.9. The van der Waals surface area contributed by atoms with Gasteiger partial charge in [0.1, 0.15) is 0 Å². The lowest BCUT2D eigenvalue weighted by Crippen LogP contribution is -1.73. The van der Waals surface area contributed by atoms with Crippen LogP contribution in [0.3, 0.4) is 0 Å². The number of hydrogen-bond donors (Lipinski definition) is 0. The van der Waals surface area contributed by atoms with Crippen LogP contribution in [0.5, 0.6) is 0 Å². The minimum absolute atomic E-state index is 0.417. The average molecular weight is 250 g/mol. The molecule has 0 bridgehead atoms. The van der Waals surface area contributed by atoms with Gasteiger partial charge >= 0.3 is 0 Å². The van der Waals surface area contributed by atoms with Gasteiger partial charge in [0.25, 0.3) is 0 Å². The smallest absolute Gasteiger partial charge is 0.0701 e. The number of fused-ring (bicyclic) bond motifs is 1. The summed E-state index contributed by atoms with van der Waals surface area (Å²) in [5.41, 5.74) is 1.06. The van der Waals surface area contributed by atoms with Crippen molar-refractivity contribution >= 4 is 46.2 Å². The second-order valence-corrected chi connectivity index (χ2v) is 3.92. The maximum absolute atomic E-state index is 4.64. The third kappa shape index (κ3) is 4.11. The van der Waals surface area contributed by atoms with Crippen LogP contribution in [0.25, 0.3) is 10.9 Å². The van der Waals surface area contributed by atoms with Crippen LogP contribution in [-0.4, -0.2) is 8.44 Å². The van der Waals surface area contributed by atoms with Gasteiger partial charge in [-0.1, -0.05) is 24.3 Å². The Labute approximate surface area is 97.3 Å². The number of nitrogens with zero attached hydrogens (tertiary/aromatic N) is 2. The summed E-state index contributed by atoms with van der Waals surface area (Å²) in [6.45, 7) is 0. The first-order chi connectivity index (χ1) is 6.70. The van der Waals surface area contributed by atoms with E-state index in [-0.39, 0.29) is 0 Å². The highest BCUT2D eigenvalue weighted by atomic mass is 35.6. The predicted octanol–water partition coefficient (Wildman–Crippen LogP) is 3.98. The predicted molar refractivity (Wildman–Crippen MR) is 61.1 cm³/mol. The van der Waals surface area contributed by atoms with Crippen LogP contribution in [0.15, 0.2) is 42.6 Å². The minimum Gasteiger partial charge on any atom is -0.256 e. The van der Waals surface area contributed by atoms with Gasteiger partial charge in [-0.05, 0) is 15.6 Å². The number of halogens is 3. The zero-order valence-electron chi connectivity index (χ0n) is 7.07. The maximum Gasteiger partial charge on any atom is 0.0701 e. The second-order valence-electron chi connectivity index (χ2n) is 2.39. The van der Waals surface area contributed by atoms with Crippen molar-refractivity contribution < 1.29 is 0 Å². The van der Waals surface area contributed by atoms with Crippen LogP contribution in [0.4, 0.5) is 0 Å². The summed E-state index contributed by atoms with van der Waals surface area (Å²) in [6.07, 6.45) is 1.81. The highest BCUT2D eigenvalue weighted by molar-refractivity contribution is 6.50. The Bertz CT molecular complexity index is 324. The molecule has 0 aliphatic rings. The number of rotatable bonds is 0. The molecule has 0 fully saturated rings. The van der Waals surface area contributed by atoms with Crippen molar-refractivity contribution in [2.24, 2.45) is 0 Å². The van der Waals surface area contributed by atoms with E-state index in [1.165, 1.54) is 5.39 Å². The first-order valence-electron chi connectivity index (χ1n) is 3.77. The van der Waals surface area contributed by atoms with Gasteiger partial charge in [-0.25, -0.2) is 0 Å². The fraction of sp³-hybridized carbons (Fsp3) is 0. The normalized spacial score (nSPS) is 9.71. The van der Waals surface area contributed by atoms with E-state index in [9.17, 15) is 0 Å². The maximum atomic E-state index is 4.64. The molecule has 1 aromatic heterocycles. The van der Waals surface area contributed by atoms with Crippen molar-refractivity contribution in [3.05, 3.63) is 42.6 Å². The molecular weight excluding hydrogens is 242 g/mol. The first-order valence-corrected chi connectivity index (χ1v) is 4.79. The van der Waals surface area contributed by atoms with E-state index >= 15 is 0 Å². The number of hydrogen-bond acceptors (Lipinski definition) is 2. The van der Waals surface area contributed by atoms with E-state index in [1.54, 1.807) is 0 Å². The standard InChI is InChI=1S/C9H7N.Cl3N/c1-2-6-9-8(4-1)5-3-7-10-9;1-4(2)3/h1-7H;. The summed E-state index contributed by atoms with van der Waals surface area (Å²) in [4.78, 5) is 4.18. The molecule has 0 aliphatic heterocycles. The Morgan fingerprint density at radius 1 is 0.929 bits per heavy atom. The van der Waals surface area contributed by atoms with Gasteiger partial charge < -0.3 is 0 Å². The lowest BCUT2D eigenvalue weighted by Gasteiger charge is -1.91. The summed E-state index contributed by atoms with van der Waals surface area (Å²) < 4.78 is 0.417. The molecule has 0 saturated heterocycles. The zero-order valence-corrected chi connectivity index (χ0v) is 9.34. The van der Waals surface area contributed by atoms with Crippen molar-refractivity contribution in [3.63, 3.8) is 0 Å². The Balaban J connectivity index is 0.000000213. The summed E-state index contributed by atoms with van der Waals surface area (Å²) in [7, 11) is 0. The molecule has 1 heterocycles. The molecule has 74 valence electrons. The van der Waals surface area contributed by atoms with Crippen LogP contribution in [0.2, 0.25) is 0 Å². The molecule has 0 N–H and O–H groups in total. The van der Waals surface area contributed by atoms with Gasteiger partial charge in [0.15, 0.2) is 0 Å². The topological polar surface area (TPSA) is 16.1 Å². The van der Waals surface area contributed by atoms with E-state index in [0.717, 1.165) is 5.52 Å². The number of para-hydroxylation sites is 1. The molecule has 0 unspecified atom stereocenters. The Hall–Kier alpha value is -0.540. The molecule has 0 spiro atoms. The van der Waals surface area contributed by atoms with Crippen molar-refractivity contribution in [2.75, 3.05) is 0 Å². The fourth-order valence-corrected chi connectivity index (χ4v) is 1.02. The molecule has 14 heavy (non-hydrogen) atoms. The fourth-order valence-electron chi connectivity index (χ4n) is 1.02. The molecule has 1 aromatic carbocycles. The molecule has 2 nitrogen and oxygen atoms in total.